The fourth-order valence-corrected chi connectivity index (χ4v) is 2.80. The van der Waals surface area contributed by atoms with E-state index in [1.165, 1.54) is 0 Å². The highest BCUT2D eigenvalue weighted by Gasteiger charge is 2.41. The SMILES string of the molecule is Cc1ccc(C#N)c(N2CCC(O)(c3cn(C(C)C)nn3)C2)n1. The van der Waals surface area contributed by atoms with Crippen LogP contribution in [0.4, 0.5) is 5.82 Å². The quantitative estimate of drug-likeness (QED) is 0.924. The van der Waals surface area contributed by atoms with Crippen molar-refractivity contribution in [3.05, 3.63) is 35.3 Å². The predicted octanol–water partition coefficient (Wildman–Crippen LogP) is 1.53. The van der Waals surface area contributed by atoms with E-state index in [-0.39, 0.29) is 6.04 Å². The topological polar surface area (TPSA) is 90.9 Å². The van der Waals surface area contributed by atoms with Gasteiger partial charge in [-0.05, 0) is 32.9 Å². The van der Waals surface area contributed by atoms with E-state index in [0.717, 1.165) is 5.69 Å². The van der Waals surface area contributed by atoms with E-state index in [4.69, 9.17) is 0 Å². The van der Waals surface area contributed by atoms with Crippen LogP contribution in [0.2, 0.25) is 0 Å². The van der Waals surface area contributed by atoms with Gasteiger partial charge in [-0.2, -0.15) is 5.26 Å². The molecule has 23 heavy (non-hydrogen) atoms. The Morgan fingerprint density at radius 3 is 2.83 bits per heavy atom. The Labute approximate surface area is 135 Å². The van der Waals surface area contributed by atoms with Crippen LogP contribution in [-0.4, -0.2) is 38.2 Å². The Balaban J connectivity index is 1.88. The molecule has 1 fully saturated rings. The fraction of sp³-hybridized carbons (Fsp3) is 0.500. The van der Waals surface area contributed by atoms with Crippen molar-refractivity contribution in [2.75, 3.05) is 18.0 Å². The van der Waals surface area contributed by atoms with Crippen LogP contribution in [-0.2, 0) is 5.60 Å². The molecule has 1 saturated heterocycles. The average molecular weight is 312 g/mol. The van der Waals surface area contributed by atoms with E-state index in [2.05, 4.69) is 21.4 Å². The minimum absolute atomic E-state index is 0.195. The van der Waals surface area contributed by atoms with Crippen molar-refractivity contribution in [1.29, 1.82) is 5.26 Å². The van der Waals surface area contributed by atoms with Gasteiger partial charge in [0, 0.05) is 24.7 Å². The number of rotatable bonds is 3. The maximum absolute atomic E-state index is 11.0. The first-order valence-corrected chi connectivity index (χ1v) is 7.70. The number of nitriles is 1. The third-order valence-corrected chi connectivity index (χ3v) is 4.20. The Morgan fingerprint density at radius 2 is 2.17 bits per heavy atom. The number of nitrogens with zero attached hydrogens (tertiary/aromatic N) is 6. The van der Waals surface area contributed by atoms with E-state index >= 15 is 0 Å². The van der Waals surface area contributed by atoms with E-state index < -0.39 is 5.60 Å². The van der Waals surface area contributed by atoms with E-state index in [1.807, 2.05) is 31.7 Å². The number of hydrogen-bond acceptors (Lipinski definition) is 6. The summed E-state index contributed by atoms with van der Waals surface area (Å²) in [6.45, 7) is 6.89. The molecule has 0 saturated carbocycles. The molecule has 1 N–H and O–H groups in total. The minimum atomic E-state index is -1.06. The van der Waals surface area contributed by atoms with Gasteiger partial charge in [0.1, 0.15) is 23.2 Å². The van der Waals surface area contributed by atoms with Gasteiger partial charge in [0.25, 0.3) is 0 Å². The molecule has 1 aliphatic heterocycles. The molecule has 3 rings (SSSR count). The van der Waals surface area contributed by atoms with Gasteiger partial charge in [0.05, 0.1) is 18.3 Å². The molecular formula is C16H20N6O. The van der Waals surface area contributed by atoms with Crippen LogP contribution in [0.1, 0.15) is 43.3 Å². The minimum Gasteiger partial charge on any atom is -0.381 e. The highest BCUT2D eigenvalue weighted by atomic mass is 16.3. The third-order valence-electron chi connectivity index (χ3n) is 4.20. The standard InChI is InChI=1S/C16H20N6O/c1-11(2)22-9-14(19-20-22)16(23)6-7-21(10-16)15-13(8-17)5-4-12(3)18-15/h4-5,9,11,23H,6-7,10H2,1-3H3. The average Bonchev–Trinajstić information content (AvgIpc) is 3.15. The zero-order chi connectivity index (χ0) is 16.6. The molecule has 0 aliphatic carbocycles. The summed E-state index contributed by atoms with van der Waals surface area (Å²) >= 11 is 0. The summed E-state index contributed by atoms with van der Waals surface area (Å²) in [4.78, 5) is 6.41. The first kappa shape index (κ1) is 15.4. The number of hydrogen-bond donors (Lipinski definition) is 1. The molecule has 2 aromatic rings. The largest absolute Gasteiger partial charge is 0.381 e. The summed E-state index contributed by atoms with van der Waals surface area (Å²) in [5.41, 5.74) is 0.872. The van der Waals surface area contributed by atoms with Crippen molar-refractivity contribution in [2.45, 2.75) is 38.8 Å². The molecule has 1 unspecified atom stereocenters. The van der Waals surface area contributed by atoms with Gasteiger partial charge >= 0.3 is 0 Å². The second-order valence-corrected chi connectivity index (χ2v) is 6.32. The lowest BCUT2D eigenvalue weighted by Gasteiger charge is -2.22. The Bertz CT molecular complexity index is 762. The summed E-state index contributed by atoms with van der Waals surface area (Å²) in [6, 6.07) is 5.95. The van der Waals surface area contributed by atoms with E-state index in [0.29, 0.717) is 36.6 Å². The summed E-state index contributed by atoms with van der Waals surface area (Å²) in [7, 11) is 0. The van der Waals surface area contributed by atoms with E-state index in [1.54, 1.807) is 16.9 Å². The highest BCUT2D eigenvalue weighted by molar-refractivity contribution is 5.55. The second kappa shape index (κ2) is 5.63. The second-order valence-electron chi connectivity index (χ2n) is 6.32. The molecular weight excluding hydrogens is 292 g/mol. The number of anilines is 1. The Morgan fingerprint density at radius 1 is 1.39 bits per heavy atom. The van der Waals surface area contributed by atoms with Crippen LogP contribution in [0.15, 0.2) is 18.3 Å². The van der Waals surface area contributed by atoms with E-state index in [9.17, 15) is 10.4 Å². The molecule has 2 aromatic heterocycles. The lowest BCUT2D eigenvalue weighted by Crippen LogP contribution is -2.32. The van der Waals surface area contributed by atoms with Crippen LogP contribution in [0.25, 0.3) is 0 Å². The first-order valence-electron chi connectivity index (χ1n) is 7.70. The first-order chi connectivity index (χ1) is 10.9. The Hall–Kier alpha value is -2.46. The zero-order valence-electron chi connectivity index (χ0n) is 13.6. The van der Waals surface area contributed by atoms with Gasteiger partial charge in [-0.3, -0.25) is 0 Å². The molecule has 0 aromatic carbocycles. The molecule has 1 atom stereocenters. The van der Waals surface area contributed by atoms with Gasteiger partial charge in [-0.15, -0.1) is 5.10 Å². The number of aliphatic hydroxyl groups is 1. The van der Waals surface area contributed by atoms with Gasteiger partial charge in [0.2, 0.25) is 0 Å². The normalized spacial score (nSPS) is 21.0. The third kappa shape index (κ3) is 2.78. The maximum Gasteiger partial charge on any atom is 0.146 e. The molecule has 7 nitrogen and oxygen atoms in total. The number of aryl methyl sites for hydroxylation is 1. The summed E-state index contributed by atoms with van der Waals surface area (Å²) in [5.74, 6) is 0.625. The molecule has 0 bridgehead atoms. The number of pyridine rings is 1. The van der Waals surface area contributed by atoms with Crippen molar-refractivity contribution < 1.29 is 5.11 Å². The van der Waals surface area contributed by atoms with Crippen molar-refractivity contribution >= 4 is 5.82 Å². The highest BCUT2D eigenvalue weighted by Crippen LogP contribution is 2.34. The summed E-state index contributed by atoms with van der Waals surface area (Å²) in [6.07, 6.45) is 2.33. The molecule has 3 heterocycles. The molecule has 1 aliphatic rings. The van der Waals surface area contributed by atoms with Crippen molar-refractivity contribution in [1.82, 2.24) is 20.0 Å². The van der Waals surface area contributed by atoms with Crippen LogP contribution in [0.3, 0.4) is 0 Å². The smallest absolute Gasteiger partial charge is 0.146 e. The monoisotopic (exact) mass is 312 g/mol. The summed E-state index contributed by atoms with van der Waals surface area (Å²) in [5, 5.41) is 28.4. The number of aromatic nitrogens is 4. The lowest BCUT2D eigenvalue weighted by molar-refractivity contribution is 0.0559. The van der Waals surface area contributed by atoms with Crippen LogP contribution < -0.4 is 4.90 Å². The van der Waals surface area contributed by atoms with Gasteiger partial charge < -0.3 is 10.0 Å². The zero-order valence-corrected chi connectivity index (χ0v) is 13.6. The molecule has 7 heteroatoms. The van der Waals surface area contributed by atoms with Crippen molar-refractivity contribution in [3.63, 3.8) is 0 Å². The lowest BCUT2D eigenvalue weighted by atomic mass is 10.00. The van der Waals surface area contributed by atoms with Crippen LogP contribution >= 0.6 is 0 Å². The fourth-order valence-electron chi connectivity index (χ4n) is 2.80. The molecule has 0 amide bonds. The molecule has 120 valence electrons. The van der Waals surface area contributed by atoms with Gasteiger partial charge in [-0.25, -0.2) is 9.67 Å². The maximum atomic E-state index is 11.0. The predicted molar refractivity (Wildman–Crippen MR) is 84.8 cm³/mol. The van der Waals surface area contributed by atoms with Gasteiger partial charge in [0.15, 0.2) is 0 Å². The number of β-amino-alcohol motifs (C(OH)–C–C–N with tert-alkyl or cyclic N) is 1. The molecule has 0 spiro atoms. The Kier molecular flexibility index (Phi) is 3.78. The molecule has 0 radical (unpaired) electrons. The van der Waals surface area contributed by atoms with Crippen molar-refractivity contribution in [2.24, 2.45) is 0 Å². The van der Waals surface area contributed by atoms with Gasteiger partial charge in [-0.1, -0.05) is 5.21 Å². The summed E-state index contributed by atoms with van der Waals surface area (Å²) < 4.78 is 1.74. The van der Waals surface area contributed by atoms with Crippen LogP contribution in [0.5, 0.6) is 0 Å². The van der Waals surface area contributed by atoms with Crippen LogP contribution in [0, 0.1) is 18.3 Å². The van der Waals surface area contributed by atoms with Crippen molar-refractivity contribution in [3.8, 4) is 6.07 Å².